The lowest BCUT2D eigenvalue weighted by molar-refractivity contribution is -0.137. The summed E-state index contributed by atoms with van der Waals surface area (Å²) in [6, 6.07) is 10.6. The number of allylic oxidation sites excluding steroid dienone is 9. The van der Waals surface area contributed by atoms with Crippen LogP contribution in [0.25, 0.3) is 21.5 Å². The number of ether oxygens (including phenoxy) is 1. The number of carboxylic acid groups (broad SMARTS) is 1. The second-order valence-corrected chi connectivity index (χ2v) is 23.7. The average Bonchev–Trinajstić information content (AvgIpc) is 3.47. The van der Waals surface area contributed by atoms with E-state index in [4.69, 9.17) is 9.84 Å². The van der Waals surface area contributed by atoms with E-state index in [1.165, 1.54) is 19.2 Å². The van der Waals surface area contributed by atoms with E-state index in [1.807, 2.05) is 24.8 Å². The summed E-state index contributed by atoms with van der Waals surface area (Å²) in [5.41, 5.74) is 1.24. The summed E-state index contributed by atoms with van der Waals surface area (Å²) < 4.78 is 144. The molecule has 0 radical (unpaired) electrons. The molecule has 4 aromatic rings. The Balaban J connectivity index is 1.55. The molecule has 4 aromatic carbocycles. The molecule has 0 bridgehead atoms. The fraction of sp³-hybridized carbons (Fsp3) is 0.347. The SMILES string of the molecule is C=C(/C=C/C=C/C=C/C=C1/N(CCCCCC(=O)O)c2ccc3c(S(=O)(=O)O)cc(S(=O)(=O)O)cc3c2C1(C)C)C(C)(CCCS(=O)(=O)O)c1c(C)ccc2c(C(=O)NCCOC)cc(S(=O)(=O)O)cc12. The van der Waals surface area contributed by atoms with Gasteiger partial charge in [0.05, 0.1) is 22.2 Å². The van der Waals surface area contributed by atoms with Gasteiger partial charge < -0.3 is 20.1 Å². The third-order valence-electron chi connectivity index (χ3n) is 12.5. The number of benzene rings is 4. The number of hydrogen-bond donors (Lipinski definition) is 6. The molecule has 0 aromatic heterocycles. The number of nitrogens with one attached hydrogen (secondary N) is 1. The summed E-state index contributed by atoms with van der Waals surface area (Å²) in [6.45, 7) is 12.2. The van der Waals surface area contributed by atoms with Gasteiger partial charge in [0, 0.05) is 59.8 Å². The Morgan fingerprint density at radius 1 is 0.775 bits per heavy atom. The van der Waals surface area contributed by atoms with E-state index in [-0.39, 0.29) is 54.1 Å². The summed E-state index contributed by atoms with van der Waals surface area (Å²) in [5.74, 6) is -2.15. The largest absolute Gasteiger partial charge is 0.481 e. The van der Waals surface area contributed by atoms with E-state index in [0.29, 0.717) is 70.9 Å². The average molecular weight is 1060 g/mol. The summed E-state index contributed by atoms with van der Waals surface area (Å²) in [6.07, 6.45) is 13.5. The van der Waals surface area contributed by atoms with E-state index >= 15 is 0 Å². The van der Waals surface area contributed by atoms with E-state index < -0.39 is 83.6 Å². The Kier molecular flexibility index (Phi) is 17.5. The fourth-order valence-corrected chi connectivity index (χ4v) is 11.5. The van der Waals surface area contributed by atoms with Crippen molar-refractivity contribution in [1.29, 1.82) is 0 Å². The topological polar surface area (TPSA) is 296 Å². The van der Waals surface area contributed by atoms with Gasteiger partial charge in [0.15, 0.2) is 0 Å². The molecule has 18 nitrogen and oxygen atoms in total. The van der Waals surface area contributed by atoms with E-state index in [2.05, 4.69) is 11.9 Å². The standard InChI is InChI=1S/C49H58N2O16S4/c1-32-19-20-36-38(28-34(69(58,59)60)30-40(36)47(54)50-24-26-67-6)45(32)49(5,23-15-27-68(55,56)57)33(2)16-11-8-7-9-12-17-43-48(3,4)46-39-29-35(70(61,62)63)31-42(71(64,65)66)37(39)21-22-41(46)51(43)25-14-10-13-18-44(52)53/h7-9,11-12,16-17,19-22,28-31H,2,10,13-15,18,23-27H2,1,3-6H3,(H,50,54)(H,52,53)(H,55,56,57)(H,58,59,60)(H,61,62,63)(H,64,65,66)/b8-7+,12-9+,16-11+,43-17+. The van der Waals surface area contributed by atoms with Crippen LogP contribution in [0.4, 0.5) is 5.69 Å². The van der Waals surface area contributed by atoms with Gasteiger partial charge in [-0.25, -0.2) is 0 Å². The molecule has 1 atom stereocenters. The molecule has 0 saturated carbocycles. The lowest BCUT2D eigenvalue weighted by atomic mass is 9.69. The number of anilines is 1. The minimum Gasteiger partial charge on any atom is -0.481 e. The number of methoxy groups -OCH3 is 1. The van der Waals surface area contributed by atoms with Crippen molar-refractivity contribution in [3.05, 3.63) is 131 Å². The highest BCUT2D eigenvalue weighted by molar-refractivity contribution is 7.87. The number of aryl methyl sites for hydroxylation is 1. The van der Waals surface area contributed by atoms with Crippen LogP contribution in [0, 0.1) is 6.92 Å². The van der Waals surface area contributed by atoms with Gasteiger partial charge in [0.25, 0.3) is 46.4 Å². The maximum absolute atomic E-state index is 13.5. The van der Waals surface area contributed by atoms with Crippen molar-refractivity contribution in [2.75, 3.05) is 37.5 Å². The first-order valence-electron chi connectivity index (χ1n) is 22.2. The number of rotatable bonds is 23. The van der Waals surface area contributed by atoms with Crippen LogP contribution in [0.5, 0.6) is 0 Å². The van der Waals surface area contributed by atoms with Gasteiger partial charge in [0.2, 0.25) is 0 Å². The molecule has 1 unspecified atom stereocenters. The van der Waals surface area contributed by atoms with Gasteiger partial charge in [-0.05, 0) is 107 Å². The molecule has 1 heterocycles. The predicted octanol–water partition coefficient (Wildman–Crippen LogP) is 7.89. The maximum atomic E-state index is 13.5. The van der Waals surface area contributed by atoms with Crippen LogP contribution in [-0.4, -0.2) is 101 Å². The normalized spacial score (nSPS) is 15.9. The zero-order valence-electron chi connectivity index (χ0n) is 39.7. The summed E-state index contributed by atoms with van der Waals surface area (Å²) in [5, 5.41) is 12.7. The van der Waals surface area contributed by atoms with Crippen LogP contribution in [-0.2, 0) is 60.8 Å². The zero-order chi connectivity index (χ0) is 52.9. The highest BCUT2D eigenvalue weighted by Crippen LogP contribution is 2.52. The fourth-order valence-electron chi connectivity index (χ4n) is 9.16. The lowest BCUT2D eigenvalue weighted by Crippen LogP contribution is -2.28. The highest BCUT2D eigenvalue weighted by Gasteiger charge is 2.42. The molecule has 6 N–H and O–H groups in total. The van der Waals surface area contributed by atoms with Crippen LogP contribution >= 0.6 is 0 Å². The molecule has 384 valence electrons. The van der Waals surface area contributed by atoms with Crippen molar-refractivity contribution in [3.63, 3.8) is 0 Å². The summed E-state index contributed by atoms with van der Waals surface area (Å²) in [7, 11) is -17.7. The first-order chi connectivity index (χ1) is 32.9. The van der Waals surface area contributed by atoms with Gasteiger partial charge in [-0.3, -0.25) is 27.8 Å². The first-order valence-corrected chi connectivity index (χ1v) is 28.1. The summed E-state index contributed by atoms with van der Waals surface area (Å²) >= 11 is 0. The molecule has 0 fully saturated rings. The van der Waals surface area contributed by atoms with Crippen LogP contribution in [0.15, 0.2) is 124 Å². The van der Waals surface area contributed by atoms with E-state index in [9.17, 15) is 61.5 Å². The van der Waals surface area contributed by atoms with E-state index in [1.54, 1.807) is 68.5 Å². The monoisotopic (exact) mass is 1060 g/mol. The summed E-state index contributed by atoms with van der Waals surface area (Å²) in [4.78, 5) is 24.6. The number of fused-ring (bicyclic) bond motifs is 4. The van der Waals surface area contributed by atoms with Crippen molar-refractivity contribution >= 4 is 79.6 Å². The quantitative estimate of drug-likeness (QED) is 0.0234. The number of nitrogens with zero attached hydrogens (tertiary/aromatic N) is 1. The molecule has 0 aliphatic carbocycles. The van der Waals surface area contributed by atoms with Gasteiger partial charge in [-0.2, -0.15) is 33.7 Å². The van der Waals surface area contributed by atoms with Crippen LogP contribution in [0.3, 0.4) is 0 Å². The second-order valence-electron chi connectivity index (χ2n) is 17.9. The number of carbonyl (C=O) groups is 2. The van der Waals surface area contributed by atoms with Crippen LogP contribution in [0.2, 0.25) is 0 Å². The van der Waals surface area contributed by atoms with Gasteiger partial charge >= 0.3 is 5.97 Å². The number of aliphatic carboxylic acids is 1. The minimum absolute atomic E-state index is 0.0198. The van der Waals surface area contributed by atoms with Gasteiger partial charge in [-0.15, -0.1) is 0 Å². The minimum atomic E-state index is -4.97. The number of carbonyl (C=O) groups excluding carboxylic acids is 1. The maximum Gasteiger partial charge on any atom is 0.303 e. The number of unbranched alkanes of at least 4 members (excludes halogenated alkanes) is 2. The zero-order valence-corrected chi connectivity index (χ0v) is 43.0. The third kappa shape index (κ3) is 13.3. The Labute approximate surface area is 414 Å². The van der Waals surface area contributed by atoms with Crippen molar-refractivity contribution in [2.45, 2.75) is 91.7 Å². The van der Waals surface area contributed by atoms with Crippen molar-refractivity contribution in [3.8, 4) is 0 Å². The second kappa shape index (κ2) is 22.1. The van der Waals surface area contributed by atoms with E-state index in [0.717, 1.165) is 12.1 Å². The van der Waals surface area contributed by atoms with Crippen molar-refractivity contribution in [1.82, 2.24) is 5.32 Å². The molecule has 1 aliphatic heterocycles. The molecule has 5 rings (SSSR count). The molecular formula is C49H58N2O16S4. The molecular weight excluding hydrogens is 1000 g/mol. The van der Waals surface area contributed by atoms with Gasteiger partial charge in [0.1, 0.15) is 4.90 Å². The van der Waals surface area contributed by atoms with Crippen LogP contribution < -0.4 is 10.2 Å². The Hall–Kier alpha value is -5.56. The molecule has 0 spiro atoms. The molecule has 1 aliphatic rings. The number of amides is 1. The Morgan fingerprint density at radius 3 is 2.01 bits per heavy atom. The Bertz CT molecular complexity index is 3360. The Morgan fingerprint density at radius 2 is 1.39 bits per heavy atom. The first kappa shape index (κ1) is 56.4. The highest BCUT2D eigenvalue weighted by atomic mass is 32.2. The number of hydrogen-bond acceptors (Lipinski definition) is 12. The van der Waals surface area contributed by atoms with Crippen molar-refractivity contribution < 1.29 is 71.3 Å². The molecule has 0 saturated heterocycles. The third-order valence-corrected chi connectivity index (χ3v) is 15.9. The van der Waals surface area contributed by atoms with Crippen molar-refractivity contribution in [2.24, 2.45) is 0 Å². The smallest absolute Gasteiger partial charge is 0.303 e. The molecule has 1 amide bonds. The molecule has 22 heteroatoms. The van der Waals surface area contributed by atoms with Gasteiger partial charge in [-0.1, -0.05) is 88.4 Å². The molecule has 71 heavy (non-hydrogen) atoms. The number of carboxylic acids is 1. The predicted molar refractivity (Wildman–Crippen MR) is 270 cm³/mol. The lowest BCUT2D eigenvalue weighted by Gasteiger charge is -2.34. The van der Waals surface area contributed by atoms with Crippen LogP contribution in [0.1, 0.15) is 86.3 Å².